The van der Waals surface area contributed by atoms with Crippen LogP contribution in [0.4, 0.5) is 4.39 Å². The van der Waals surface area contributed by atoms with Gasteiger partial charge in [0, 0.05) is 19.2 Å². The first-order valence-electron chi connectivity index (χ1n) is 7.72. The molecule has 0 unspecified atom stereocenters. The number of nitrogens with zero attached hydrogens (tertiary/aromatic N) is 5. The summed E-state index contributed by atoms with van der Waals surface area (Å²) in [5, 5.41) is 12.3. The first-order chi connectivity index (χ1) is 11.4. The van der Waals surface area contributed by atoms with E-state index >= 15 is 0 Å². The largest absolute Gasteiger partial charge is 0.424 e. The normalized spacial score (nSPS) is 11.4. The third-order valence-corrected chi connectivity index (χ3v) is 3.69. The standard InChI is InChI=1S/C17H20FN5O/c1-11-7-12(2)23(21-11)16-6-5-15(18)8-14(16)9-22(4)10-17-20-19-13(3)24-17/h5-8H,9-10H2,1-4H3. The number of benzene rings is 1. The predicted molar refractivity (Wildman–Crippen MR) is 87.2 cm³/mol. The van der Waals surface area contributed by atoms with Crippen molar-refractivity contribution in [1.29, 1.82) is 0 Å². The first kappa shape index (κ1) is 16.3. The molecule has 0 spiro atoms. The Kier molecular flexibility index (Phi) is 4.44. The zero-order valence-electron chi connectivity index (χ0n) is 14.2. The van der Waals surface area contributed by atoms with Crippen molar-refractivity contribution in [1.82, 2.24) is 24.9 Å². The summed E-state index contributed by atoms with van der Waals surface area (Å²) in [6.07, 6.45) is 0. The van der Waals surface area contributed by atoms with Crippen molar-refractivity contribution in [2.75, 3.05) is 7.05 Å². The lowest BCUT2D eigenvalue weighted by molar-refractivity contribution is 0.278. The lowest BCUT2D eigenvalue weighted by atomic mass is 10.1. The molecule has 7 heteroatoms. The molecule has 0 saturated carbocycles. The number of hydrogen-bond donors (Lipinski definition) is 0. The van der Waals surface area contributed by atoms with Crippen LogP contribution < -0.4 is 0 Å². The van der Waals surface area contributed by atoms with Gasteiger partial charge in [0.1, 0.15) is 5.82 Å². The summed E-state index contributed by atoms with van der Waals surface area (Å²) in [5.41, 5.74) is 3.66. The van der Waals surface area contributed by atoms with Gasteiger partial charge in [-0.2, -0.15) is 5.10 Å². The maximum atomic E-state index is 13.8. The fourth-order valence-corrected chi connectivity index (χ4v) is 2.74. The summed E-state index contributed by atoms with van der Waals surface area (Å²) in [6, 6.07) is 6.75. The Morgan fingerprint density at radius 2 is 1.92 bits per heavy atom. The van der Waals surface area contributed by atoms with Crippen molar-refractivity contribution in [2.24, 2.45) is 0 Å². The Morgan fingerprint density at radius 3 is 2.54 bits per heavy atom. The molecule has 126 valence electrons. The highest BCUT2D eigenvalue weighted by atomic mass is 19.1. The average molecular weight is 329 g/mol. The van der Waals surface area contributed by atoms with E-state index in [0.29, 0.717) is 24.9 Å². The minimum Gasteiger partial charge on any atom is -0.424 e. The molecule has 1 aromatic carbocycles. The molecule has 0 bridgehead atoms. The molecule has 2 heterocycles. The summed E-state index contributed by atoms with van der Waals surface area (Å²) < 4.78 is 21.0. The van der Waals surface area contributed by atoms with Gasteiger partial charge in [0.05, 0.1) is 17.9 Å². The topological polar surface area (TPSA) is 60.0 Å². The predicted octanol–water partition coefficient (Wildman–Crippen LogP) is 2.95. The van der Waals surface area contributed by atoms with Crippen molar-refractivity contribution in [2.45, 2.75) is 33.9 Å². The van der Waals surface area contributed by atoms with E-state index < -0.39 is 0 Å². The van der Waals surface area contributed by atoms with Crippen LogP contribution in [0, 0.1) is 26.6 Å². The van der Waals surface area contributed by atoms with Crippen molar-refractivity contribution in [3.05, 3.63) is 58.8 Å². The lowest BCUT2D eigenvalue weighted by Crippen LogP contribution is -2.19. The van der Waals surface area contributed by atoms with E-state index in [1.807, 2.05) is 36.5 Å². The van der Waals surface area contributed by atoms with E-state index in [9.17, 15) is 4.39 Å². The minimum atomic E-state index is -0.266. The van der Waals surface area contributed by atoms with Crippen LogP contribution in [0.5, 0.6) is 0 Å². The molecule has 0 saturated heterocycles. The summed E-state index contributed by atoms with van der Waals surface area (Å²) >= 11 is 0. The fraction of sp³-hybridized carbons (Fsp3) is 0.353. The SMILES string of the molecule is Cc1cc(C)n(-c2ccc(F)cc2CN(C)Cc2nnc(C)o2)n1. The van der Waals surface area contributed by atoms with Crippen LogP contribution in [-0.4, -0.2) is 31.9 Å². The third kappa shape index (κ3) is 3.51. The van der Waals surface area contributed by atoms with Gasteiger partial charge in [-0.15, -0.1) is 10.2 Å². The van der Waals surface area contributed by atoms with Crippen LogP contribution in [0.15, 0.2) is 28.7 Å². The van der Waals surface area contributed by atoms with Gasteiger partial charge in [0.15, 0.2) is 0 Å². The van der Waals surface area contributed by atoms with Crippen LogP contribution >= 0.6 is 0 Å². The van der Waals surface area contributed by atoms with E-state index in [1.54, 1.807) is 19.1 Å². The summed E-state index contributed by atoms with van der Waals surface area (Å²) in [5.74, 6) is 0.809. The first-order valence-corrected chi connectivity index (χ1v) is 7.72. The molecule has 3 aromatic rings. The van der Waals surface area contributed by atoms with E-state index in [0.717, 1.165) is 22.6 Å². The van der Waals surface area contributed by atoms with E-state index in [2.05, 4.69) is 15.3 Å². The summed E-state index contributed by atoms with van der Waals surface area (Å²) in [4.78, 5) is 2.00. The zero-order valence-corrected chi connectivity index (χ0v) is 14.2. The lowest BCUT2D eigenvalue weighted by Gasteiger charge is -2.18. The van der Waals surface area contributed by atoms with Gasteiger partial charge < -0.3 is 4.42 Å². The molecule has 6 nitrogen and oxygen atoms in total. The van der Waals surface area contributed by atoms with Crippen molar-refractivity contribution in [3.63, 3.8) is 0 Å². The van der Waals surface area contributed by atoms with Gasteiger partial charge >= 0.3 is 0 Å². The minimum absolute atomic E-state index is 0.266. The van der Waals surface area contributed by atoms with Crippen molar-refractivity contribution in [3.8, 4) is 5.69 Å². The fourth-order valence-electron chi connectivity index (χ4n) is 2.74. The molecule has 0 radical (unpaired) electrons. The molecule has 0 N–H and O–H groups in total. The third-order valence-electron chi connectivity index (χ3n) is 3.69. The Hall–Kier alpha value is -2.54. The molecule has 0 aliphatic carbocycles. The van der Waals surface area contributed by atoms with Gasteiger partial charge in [0.2, 0.25) is 11.8 Å². The highest BCUT2D eigenvalue weighted by Crippen LogP contribution is 2.20. The van der Waals surface area contributed by atoms with E-state index in [4.69, 9.17) is 4.42 Å². The number of hydrogen-bond acceptors (Lipinski definition) is 5. The molecular weight excluding hydrogens is 309 g/mol. The molecule has 24 heavy (non-hydrogen) atoms. The number of aromatic nitrogens is 4. The monoisotopic (exact) mass is 329 g/mol. The van der Waals surface area contributed by atoms with Crippen LogP contribution in [0.3, 0.4) is 0 Å². The van der Waals surface area contributed by atoms with E-state index in [1.165, 1.54) is 6.07 Å². The molecule has 0 aliphatic heterocycles. The number of aryl methyl sites for hydroxylation is 3. The zero-order chi connectivity index (χ0) is 17.3. The van der Waals surface area contributed by atoms with Crippen LogP contribution in [0.2, 0.25) is 0 Å². The highest BCUT2D eigenvalue weighted by molar-refractivity contribution is 5.42. The van der Waals surface area contributed by atoms with Crippen molar-refractivity contribution < 1.29 is 8.81 Å². The maximum Gasteiger partial charge on any atom is 0.230 e. The second kappa shape index (κ2) is 6.52. The second-order valence-corrected chi connectivity index (χ2v) is 6.00. The highest BCUT2D eigenvalue weighted by Gasteiger charge is 2.14. The Bertz CT molecular complexity index is 855. The maximum absolute atomic E-state index is 13.8. The van der Waals surface area contributed by atoms with Gasteiger partial charge in [-0.3, -0.25) is 4.90 Å². The van der Waals surface area contributed by atoms with Gasteiger partial charge in [-0.1, -0.05) is 0 Å². The molecule has 3 rings (SSSR count). The Balaban J connectivity index is 1.86. The van der Waals surface area contributed by atoms with Crippen molar-refractivity contribution >= 4 is 0 Å². The average Bonchev–Trinajstić information content (AvgIpc) is 3.04. The van der Waals surface area contributed by atoms with Crippen LogP contribution in [0.25, 0.3) is 5.69 Å². The smallest absolute Gasteiger partial charge is 0.230 e. The molecule has 0 fully saturated rings. The van der Waals surface area contributed by atoms with Crippen LogP contribution in [0.1, 0.15) is 28.7 Å². The molecule has 0 aliphatic rings. The molecule has 0 amide bonds. The number of halogens is 1. The summed E-state index contributed by atoms with van der Waals surface area (Å²) in [6.45, 7) is 6.71. The van der Waals surface area contributed by atoms with Gasteiger partial charge in [-0.05, 0) is 50.7 Å². The van der Waals surface area contributed by atoms with Gasteiger partial charge in [0.25, 0.3) is 0 Å². The molecular formula is C17H20FN5O. The quantitative estimate of drug-likeness (QED) is 0.720. The Morgan fingerprint density at radius 1 is 1.12 bits per heavy atom. The van der Waals surface area contributed by atoms with E-state index in [-0.39, 0.29) is 5.82 Å². The van der Waals surface area contributed by atoms with Gasteiger partial charge in [-0.25, -0.2) is 9.07 Å². The molecule has 0 atom stereocenters. The molecule has 2 aromatic heterocycles. The Labute approximate surface area is 139 Å². The summed E-state index contributed by atoms with van der Waals surface area (Å²) in [7, 11) is 1.93. The van der Waals surface area contributed by atoms with Crippen LogP contribution in [-0.2, 0) is 13.1 Å². The second-order valence-electron chi connectivity index (χ2n) is 6.00. The number of rotatable bonds is 5.